The second-order valence-corrected chi connectivity index (χ2v) is 3.12. The maximum atomic E-state index is 5.53. The summed E-state index contributed by atoms with van der Waals surface area (Å²) in [5.41, 5.74) is 6.75. The summed E-state index contributed by atoms with van der Waals surface area (Å²) >= 11 is 0. The van der Waals surface area contributed by atoms with Crippen LogP contribution in [0.5, 0.6) is 0 Å². The van der Waals surface area contributed by atoms with Gasteiger partial charge in [-0.25, -0.2) is 0 Å². The van der Waals surface area contributed by atoms with Gasteiger partial charge in [-0.1, -0.05) is 5.21 Å². The van der Waals surface area contributed by atoms with E-state index < -0.39 is 0 Å². The van der Waals surface area contributed by atoms with Crippen molar-refractivity contribution >= 4 is 0 Å². The average Bonchev–Trinajstić information content (AvgIpc) is 2.68. The number of hydrogen-bond acceptors (Lipinski definition) is 3. The molecule has 2 N–H and O–H groups in total. The van der Waals surface area contributed by atoms with Crippen molar-refractivity contribution in [2.75, 3.05) is 6.54 Å². The second kappa shape index (κ2) is 2.30. The van der Waals surface area contributed by atoms with Crippen molar-refractivity contribution in [1.82, 2.24) is 15.0 Å². The first-order valence-corrected chi connectivity index (χ1v) is 3.87. The molecule has 0 saturated heterocycles. The zero-order valence-electron chi connectivity index (χ0n) is 6.57. The highest BCUT2D eigenvalue weighted by Crippen LogP contribution is 2.45. The molecule has 1 aliphatic carbocycles. The Bertz CT molecular complexity index is 255. The third-order valence-corrected chi connectivity index (χ3v) is 2.35. The SMILES string of the molecule is Cn1nncc1[C@@H]1C[C@H]1CN. The first-order chi connectivity index (χ1) is 5.33. The van der Waals surface area contributed by atoms with Crippen LogP contribution in [0.2, 0.25) is 0 Å². The third kappa shape index (κ3) is 1.03. The molecule has 0 aromatic carbocycles. The Hall–Kier alpha value is -0.900. The molecule has 1 saturated carbocycles. The summed E-state index contributed by atoms with van der Waals surface area (Å²) < 4.78 is 1.83. The van der Waals surface area contributed by atoms with E-state index in [0.29, 0.717) is 11.8 Å². The number of nitrogens with two attached hydrogens (primary N) is 1. The van der Waals surface area contributed by atoms with E-state index in [9.17, 15) is 0 Å². The van der Waals surface area contributed by atoms with Gasteiger partial charge in [-0.05, 0) is 18.9 Å². The molecule has 1 heterocycles. The van der Waals surface area contributed by atoms with Crippen molar-refractivity contribution in [3.05, 3.63) is 11.9 Å². The molecule has 4 nitrogen and oxygen atoms in total. The van der Waals surface area contributed by atoms with E-state index in [4.69, 9.17) is 5.73 Å². The quantitative estimate of drug-likeness (QED) is 0.642. The van der Waals surface area contributed by atoms with E-state index in [1.807, 2.05) is 17.9 Å². The third-order valence-electron chi connectivity index (χ3n) is 2.35. The molecule has 0 bridgehead atoms. The summed E-state index contributed by atoms with van der Waals surface area (Å²) in [6.45, 7) is 0.788. The number of hydrogen-bond donors (Lipinski definition) is 1. The van der Waals surface area contributed by atoms with Crippen LogP contribution in [-0.4, -0.2) is 21.5 Å². The van der Waals surface area contributed by atoms with Gasteiger partial charge in [0.05, 0.1) is 11.9 Å². The molecule has 11 heavy (non-hydrogen) atoms. The van der Waals surface area contributed by atoms with Gasteiger partial charge in [0.1, 0.15) is 0 Å². The predicted molar refractivity (Wildman–Crippen MR) is 40.9 cm³/mol. The van der Waals surface area contributed by atoms with Crippen LogP contribution in [0.25, 0.3) is 0 Å². The molecule has 1 aromatic rings. The molecule has 60 valence electrons. The van der Waals surface area contributed by atoms with Crippen molar-refractivity contribution in [2.24, 2.45) is 18.7 Å². The summed E-state index contributed by atoms with van der Waals surface area (Å²) in [6.07, 6.45) is 3.04. The van der Waals surface area contributed by atoms with E-state index in [-0.39, 0.29) is 0 Å². The summed E-state index contributed by atoms with van der Waals surface area (Å²) in [5, 5.41) is 7.70. The number of aryl methyl sites for hydroxylation is 1. The van der Waals surface area contributed by atoms with Crippen LogP contribution in [0.4, 0.5) is 0 Å². The van der Waals surface area contributed by atoms with Gasteiger partial charge >= 0.3 is 0 Å². The summed E-state index contributed by atoms with van der Waals surface area (Å²) in [5.74, 6) is 1.30. The lowest BCUT2D eigenvalue weighted by atomic mass is 10.2. The highest BCUT2D eigenvalue weighted by Gasteiger charge is 2.39. The van der Waals surface area contributed by atoms with Gasteiger partial charge in [-0.15, -0.1) is 5.10 Å². The molecule has 0 aliphatic heterocycles. The first kappa shape index (κ1) is 6.79. The van der Waals surface area contributed by atoms with E-state index in [1.54, 1.807) is 0 Å². The number of nitrogens with zero attached hydrogens (tertiary/aromatic N) is 3. The molecule has 1 aliphatic rings. The largest absolute Gasteiger partial charge is 0.330 e. The second-order valence-electron chi connectivity index (χ2n) is 3.12. The maximum Gasteiger partial charge on any atom is 0.0728 e. The van der Waals surface area contributed by atoms with Gasteiger partial charge in [0.25, 0.3) is 0 Å². The van der Waals surface area contributed by atoms with Crippen LogP contribution < -0.4 is 5.73 Å². The Morgan fingerprint density at radius 2 is 2.64 bits per heavy atom. The van der Waals surface area contributed by atoms with Crippen molar-refractivity contribution in [3.63, 3.8) is 0 Å². The van der Waals surface area contributed by atoms with Gasteiger partial charge in [0.2, 0.25) is 0 Å². The zero-order valence-corrected chi connectivity index (χ0v) is 6.57. The van der Waals surface area contributed by atoms with E-state index >= 15 is 0 Å². The minimum Gasteiger partial charge on any atom is -0.330 e. The Morgan fingerprint density at radius 1 is 1.82 bits per heavy atom. The summed E-state index contributed by atoms with van der Waals surface area (Å²) in [6, 6.07) is 0. The number of aromatic nitrogens is 3. The van der Waals surface area contributed by atoms with Gasteiger partial charge in [0, 0.05) is 13.0 Å². The van der Waals surface area contributed by atoms with Gasteiger partial charge in [0.15, 0.2) is 0 Å². The first-order valence-electron chi connectivity index (χ1n) is 3.87. The van der Waals surface area contributed by atoms with Crippen LogP contribution in [0.15, 0.2) is 6.20 Å². The Labute approximate surface area is 65.4 Å². The Morgan fingerprint density at radius 3 is 3.09 bits per heavy atom. The fourth-order valence-electron chi connectivity index (χ4n) is 1.50. The molecule has 2 rings (SSSR count). The lowest BCUT2D eigenvalue weighted by Gasteiger charge is -1.96. The lowest BCUT2D eigenvalue weighted by Crippen LogP contribution is -2.04. The standard InChI is InChI=1S/C7H12N4/c1-11-7(4-9-10-11)6-2-5(6)3-8/h4-6H,2-3,8H2,1H3/t5-,6+/m0/s1. The zero-order chi connectivity index (χ0) is 7.84. The van der Waals surface area contributed by atoms with Crippen LogP contribution in [0, 0.1) is 5.92 Å². The normalized spacial score (nSPS) is 28.9. The fraction of sp³-hybridized carbons (Fsp3) is 0.714. The molecule has 0 spiro atoms. The van der Waals surface area contributed by atoms with Crippen LogP contribution in [-0.2, 0) is 7.05 Å². The highest BCUT2D eigenvalue weighted by atomic mass is 15.4. The fourth-order valence-corrected chi connectivity index (χ4v) is 1.50. The van der Waals surface area contributed by atoms with E-state index in [2.05, 4.69) is 10.3 Å². The predicted octanol–water partition coefficient (Wildman–Crippen LogP) is -0.123. The smallest absolute Gasteiger partial charge is 0.0728 e. The minimum atomic E-state index is 0.625. The van der Waals surface area contributed by atoms with Crippen molar-refractivity contribution in [2.45, 2.75) is 12.3 Å². The Kier molecular flexibility index (Phi) is 1.42. The van der Waals surface area contributed by atoms with Crippen molar-refractivity contribution in [3.8, 4) is 0 Å². The molecule has 1 fully saturated rings. The maximum absolute atomic E-state index is 5.53. The molecule has 4 heteroatoms. The molecule has 0 amide bonds. The average molecular weight is 152 g/mol. The van der Waals surface area contributed by atoms with Crippen molar-refractivity contribution in [1.29, 1.82) is 0 Å². The summed E-state index contributed by atoms with van der Waals surface area (Å²) in [4.78, 5) is 0. The van der Waals surface area contributed by atoms with E-state index in [1.165, 1.54) is 12.1 Å². The van der Waals surface area contributed by atoms with Crippen LogP contribution in [0.3, 0.4) is 0 Å². The lowest BCUT2D eigenvalue weighted by molar-refractivity contribution is 0.664. The minimum absolute atomic E-state index is 0.625. The van der Waals surface area contributed by atoms with Gasteiger partial charge in [-0.3, -0.25) is 4.68 Å². The van der Waals surface area contributed by atoms with Crippen molar-refractivity contribution < 1.29 is 0 Å². The van der Waals surface area contributed by atoms with Crippen LogP contribution in [0.1, 0.15) is 18.0 Å². The molecule has 0 radical (unpaired) electrons. The monoisotopic (exact) mass is 152 g/mol. The van der Waals surface area contributed by atoms with Gasteiger partial charge < -0.3 is 5.73 Å². The molecular formula is C7H12N4. The highest BCUT2D eigenvalue weighted by molar-refractivity contribution is 5.14. The van der Waals surface area contributed by atoms with E-state index in [0.717, 1.165) is 6.54 Å². The topological polar surface area (TPSA) is 56.7 Å². The molecular weight excluding hydrogens is 140 g/mol. The summed E-state index contributed by atoms with van der Waals surface area (Å²) in [7, 11) is 1.92. The number of rotatable bonds is 2. The molecule has 1 aromatic heterocycles. The van der Waals surface area contributed by atoms with Gasteiger partial charge in [-0.2, -0.15) is 0 Å². The Balaban J connectivity index is 2.14. The van der Waals surface area contributed by atoms with Crippen LogP contribution >= 0.6 is 0 Å². The molecule has 2 atom stereocenters. The molecule has 0 unspecified atom stereocenters.